The number of hydrogen-bond donors (Lipinski definition) is 0. The van der Waals surface area contributed by atoms with E-state index in [1.165, 1.54) is 13.3 Å². The smallest absolute Gasteiger partial charge is 0.410 e. The van der Waals surface area contributed by atoms with Crippen LogP contribution >= 0.6 is 0 Å². The fourth-order valence-corrected chi connectivity index (χ4v) is 2.30. The summed E-state index contributed by atoms with van der Waals surface area (Å²) in [6, 6.07) is 3.80. The first-order valence-corrected chi connectivity index (χ1v) is 7.51. The van der Waals surface area contributed by atoms with Crippen LogP contribution in [0, 0.1) is 11.3 Å². The van der Waals surface area contributed by atoms with Gasteiger partial charge in [0.15, 0.2) is 0 Å². The molecule has 0 aliphatic carbocycles. The van der Waals surface area contributed by atoms with Gasteiger partial charge in [0.25, 0.3) is 0 Å². The third-order valence-corrected chi connectivity index (χ3v) is 3.45. The lowest BCUT2D eigenvalue weighted by Crippen LogP contribution is -2.50. The molecule has 7 nitrogen and oxygen atoms in total. The molecule has 0 spiro atoms. The number of carbonyl (C=O) groups is 1. The third kappa shape index (κ3) is 4.25. The molecular formula is C16H22N4O3. The quantitative estimate of drug-likeness (QED) is 0.830. The standard InChI is InChI=1S/C16H22N4O3/c1-16(2,3)23-15(21)20-7-5-19(6-8-20)14-9-13(22-4)12(10-17)11-18-14/h9,11H,5-8H2,1-4H3. The minimum atomic E-state index is -0.490. The van der Waals surface area contributed by atoms with Crippen molar-refractivity contribution in [2.24, 2.45) is 0 Å². The molecule has 1 aliphatic heterocycles. The first-order valence-electron chi connectivity index (χ1n) is 7.51. The molecule has 0 radical (unpaired) electrons. The van der Waals surface area contributed by atoms with Gasteiger partial charge in [-0.05, 0) is 20.8 Å². The number of nitrogens with zero attached hydrogens (tertiary/aromatic N) is 4. The van der Waals surface area contributed by atoms with Crippen LogP contribution in [-0.4, -0.2) is 54.9 Å². The van der Waals surface area contributed by atoms with Gasteiger partial charge in [-0.1, -0.05) is 0 Å². The van der Waals surface area contributed by atoms with Crippen molar-refractivity contribution in [3.05, 3.63) is 17.8 Å². The summed E-state index contributed by atoms with van der Waals surface area (Å²) >= 11 is 0. The zero-order valence-electron chi connectivity index (χ0n) is 14.0. The Kier molecular flexibility index (Phi) is 4.94. The van der Waals surface area contributed by atoms with Gasteiger partial charge >= 0.3 is 6.09 Å². The molecule has 0 unspecified atom stereocenters. The number of piperazine rings is 1. The normalized spacial score (nSPS) is 15.1. The molecule has 1 fully saturated rings. The van der Waals surface area contributed by atoms with Gasteiger partial charge in [0.1, 0.15) is 28.8 Å². The molecule has 2 heterocycles. The first kappa shape index (κ1) is 16.9. The number of hydrogen-bond acceptors (Lipinski definition) is 6. The summed E-state index contributed by atoms with van der Waals surface area (Å²) in [7, 11) is 1.53. The molecule has 0 aromatic carbocycles. The van der Waals surface area contributed by atoms with Crippen molar-refractivity contribution in [2.75, 3.05) is 38.2 Å². The molecule has 7 heteroatoms. The van der Waals surface area contributed by atoms with E-state index in [-0.39, 0.29) is 6.09 Å². The van der Waals surface area contributed by atoms with Crippen LogP contribution in [0.1, 0.15) is 26.3 Å². The predicted octanol–water partition coefficient (Wildman–Crippen LogP) is 2.02. The van der Waals surface area contributed by atoms with Crippen molar-refractivity contribution in [3.63, 3.8) is 0 Å². The second-order valence-electron chi connectivity index (χ2n) is 6.31. The third-order valence-electron chi connectivity index (χ3n) is 3.45. The summed E-state index contributed by atoms with van der Waals surface area (Å²) in [6.45, 7) is 8.01. The Morgan fingerprint density at radius 3 is 2.48 bits per heavy atom. The van der Waals surface area contributed by atoms with Gasteiger partial charge in [-0.3, -0.25) is 0 Å². The lowest BCUT2D eigenvalue weighted by atomic mass is 10.2. The maximum absolute atomic E-state index is 12.1. The van der Waals surface area contributed by atoms with Gasteiger partial charge in [-0.2, -0.15) is 5.26 Å². The average molecular weight is 318 g/mol. The van der Waals surface area contributed by atoms with Crippen molar-refractivity contribution >= 4 is 11.9 Å². The Hall–Kier alpha value is -2.49. The van der Waals surface area contributed by atoms with E-state index in [0.29, 0.717) is 37.5 Å². The Morgan fingerprint density at radius 2 is 1.96 bits per heavy atom. The summed E-state index contributed by atoms with van der Waals surface area (Å²) < 4.78 is 10.6. The SMILES string of the molecule is COc1cc(N2CCN(C(=O)OC(C)(C)C)CC2)ncc1C#N. The number of nitriles is 1. The van der Waals surface area contributed by atoms with Crippen LogP contribution in [0.25, 0.3) is 0 Å². The zero-order chi connectivity index (χ0) is 17.0. The number of rotatable bonds is 2. The van der Waals surface area contributed by atoms with E-state index in [1.54, 1.807) is 11.0 Å². The fourth-order valence-electron chi connectivity index (χ4n) is 2.30. The van der Waals surface area contributed by atoms with Gasteiger partial charge in [0.05, 0.1) is 13.3 Å². The molecule has 1 aromatic rings. The second kappa shape index (κ2) is 6.73. The molecule has 0 N–H and O–H groups in total. The van der Waals surface area contributed by atoms with Crippen molar-refractivity contribution < 1.29 is 14.3 Å². The molecule has 124 valence electrons. The Balaban J connectivity index is 1.99. The molecule has 0 bridgehead atoms. The van der Waals surface area contributed by atoms with Gasteiger partial charge < -0.3 is 19.3 Å². The van der Waals surface area contributed by atoms with Crippen LogP contribution in [0.3, 0.4) is 0 Å². The number of aromatic nitrogens is 1. The van der Waals surface area contributed by atoms with Gasteiger partial charge in [-0.25, -0.2) is 9.78 Å². The molecule has 2 rings (SSSR count). The maximum atomic E-state index is 12.1. The molecule has 0 atom stereocenters. The van der Waals surface area contributed by atoms with Crippen molar-refractivity contribution in [2.45, 2.75) is 26.4 Å². The molecule has 1 aromatic heterocycles. The van der Waals surface area contributed by atoms with Crippen LogP contribution in [0.2, 0.25) is 0 Å². The number of ether oxygens (including phenoxy) is 2. The summed E-state index contributed by atoms with van der Waals surface area (Å²) in [6.07, 6.45) is 1.22. The minimum absolute atomic E-state index is 0.289. The van der Waals surface area contributed by atoms with E-state index in [2.05, 4.69) is 9.88 Å². The number of carbonyl (C=O) groups excluding carboxylic acids is 1. The van der Waals surface area contributed by atoms with E-state index < -0.39 is 5.60 Å². The van der Waals surface area contributed by atoms with Crippen LogP contribution in [-0.2, 0) is 4.74 Å². The number of amides is 1. The molecule has 0 saturated carbocycles. The lowest BCUT2D eigenvalue weighted by Gasteiger charge is -2.36. The highest BCUT2D eigenvalue weighted by atomic mass is 16.6. The molecule has 1 amide bonds. The highest BCUT2D eigenvalue weighted by Gasteiger charge is 2.26. The molecular weight excluding hydrogens is 296 g/mol. The molecule has 1 saturated heterocycles. The van der Waals surface area contributed by atoms with Crippen molar-refractivity contribution in [1.29, 1.82) is 5.26 Å². The molecule has 1 aliphatic rings. The summed E-state index contributed by atoms with van der Waals surface area (Å²) in [4.78, 5) is 20.1. The second-order valence-corrected chi connectivity index (χ2v) is 6.31. The predicted molar refractivity (Wildman–Crippen MR) is 85.5 cm³/mol. The van der Waals surface area contributed by atoms with Crippen LogP contribution in [0.4, 0.5) is 10.6 Å². The number of anilines is 1. The van der Waals surface area contributed by atoms with E-state index in [1.807, 2.05) is 26.8 Å². The minimum Gasteiger partial charge on any atom is -0.495 e. The lowest BCUT2D eigenvalue weighted by molar-refractivity contribution is 0.0240. The summed E-state index contributed by atoms with van der Waals surface area (Å²) in [5.41, 5.74) is -0.0837. The van der Waals surface area contributed by atoms with Crippen molar-refractivity contribution in [1.82, 2.24) is 9.88 Å². The Morgan fingerprint density at radius 1 is 1.30 bits per heavy atom. The topological polar surface area (TPSA) is 78.7 Å². The average Bonchev–Trinajstić information content (AvgIpc) is 2.52. The highest BCUT2D eigenvalue weighted by Crippen LogP contribution is 2.23. The largest absolute Gasteiger partial charge is 0.495 e. The van der Waals surface area contributed by atoms with Gasteiger partial charge in [-0.15, -0.1) is 0 Å². The maximum Gasteiger partial charge on any atom is 0.410 e. The number of methoxy groups -OCH3 is 1. The first-order chi connectivity index (χ1) is 10.8. The van der Waals surface area contributed by atoms with Gasteiger partial charge in [0.2, 0.25) is 0 Å². The zero-order valence-corrected chi connectivity index (χ0v) is 14.0. The number of pyridine rings is 1. The monoisotopic (exact) mass is 318 g/mol. The van der Waals surface area contributed by atoms with Crippen LogP contribution in [0.15, 0.2) is 12.3 Å². The Bertz CT molecular complexity index is 611. The fraction of sp³-hybridized carbons (Fsp3) is 0.562. The van der Waals surface area contributed by atoms with Crippen LogP contribution < -0.4 is 9.64 Å². The van der Waals surface area contributed by atoms with E-state index >= 15 is 0 Å². The Labute approximate surface area is 136 Å². The van der Waals surface area contributed by atoms with Gasteiger partial charge in [0, 0.05) is 32.2 Å². The highest BCUT2D eigenvalue weighted by molar-refractivity contribution is 5.68. The van der Waals surface area contributed by atoms with Crippen LogP contribution in [0.5, 0.6) is 5.75 Å². The van der Waals surface area contributed by atoms with Crippen molar-refractivity contribution in [3.8, 4) is 11.8 Å². The van der Waals surface area contributed by atoms with E-state index in [4.69, 9.17) is 14.7 Å². The summed E-state index contributed by atoms with van der Waals surface area (Å²) in [5.74, 6) is 1.25. The van der Waals surface area contributed by atoms with E-state index in [9.17, 15) is 4.79 Å². The molecule has 23 heavy (non-hydrogen) atoms. The van der Waals surface area contributed by atoms with E-state index in [0.717, 1.165) is 5.82 Å². The summed E-state index contributed by atoms with van der Waals surface area (Å²) in [5, 5.41) is 9.00.